The van der Waals surface area contributed by atoms with E-state index in [-0.39, 0.29) is 0 Å². The van der Waals surface area contributed by atoms with Crippen molar-refractivity contribution in [2.24, 2.45) is 0 Å². The van der Waals surface area contributed by atoms with Crippen molar-refractivity contribution in [1.82, 2.24) is 0 Å². The zero-order valence-electron chi connectivity index (χ0n) is 8.09. The SMILES string of the molecule is COCCc1ccc(C(C)Br)cc1. The molecule has 1 rings (SSSR count). The Kier molecular flexibility index (Phi) is 4.46. The average molecular weight is 243 g/mol. The van der Waals surface area contributed by atoms with Gasteiger partial charge in [0, 0.05) is 11.9 Å². The Bertz CT molecular complexity index is 241. The number of methoxy groups -OCH3 is 1. The van der Waals surface area contributed by atoms with Crippen LogP contribution in [-0.2, 0) is 11.2 Å². The number of ether oxygens (including phenoxy) is 1. The molecule has 1 nitrogen and oxygen atoms in total. The predicted molar refractivity (Wildman–Crippen MR) is 59.4 cm³/mol. The summed E-state index contributed by atoms with van der Waals surface area (Å²) in [6, 6.07) is 8.63. The van der Waals surface area contributed by atoms with Gasteiger partial charge in [0.2, 0.25) is 0 Å². The molecule has 0 heterocycles. The monoisotopic (exact) mass is 242 g/mol. The minimum absolute atomic E-state index is 0.434. The van der Waals surface area contributed by atoms with Crippen molar-refractivity contribution in [2.75, 3.05) is 13.7 Å². The van der Waals surface area contributed by atoms with E-state index in [1.54, 1.807) is 7.11 Å². The summed E-state index contributed by atoms with van der Waals surface area (Å²) >= 11 is 3.53. The van der Waals surface area contributed by atoms with Crippen LogP contribution in [0.15, 0.2) is 24.3 Å². The smallest absolute Gasteiger partial charge is 0.0502 e. The summed E-state index contributed by atoms with van der Waals surface area (Å²) in [6.07, 6.45) is 0.993. The maximum atomic E-state index is 5.01. The van der Waals surface area contributed by atoms with Crippen molar-refractivity contribution in [3.8, 4) is 0 Å². The molecule has 0 fully saturated rings. The highest BCUT2D eigenvalue weighted by molar-refractivity contribution is 9.09. The maximum absolute atomic E-state index is 5.01. The van der Waals surface area contributed by atoms with Crippen molar-refractivity contribution in [2.45, 2.75) is 18.2 Å². The van der Waals surface area contributed by atoms with E-state index in [4.69, 9.17) is 4.74 Å². The molecule has 0 radical (unpaired) electrons. The molecule has 0 aromatic heterocycles. The summed E-state index contributed by atoms with van der Waals surface area (Å²) in [7, 11) is 1.73. The zero-order valence-corrected chi connectivity index (χ0v) is 9.67. The van der Waals surface area contributed by atoms with Gasteiger partial charge in [0.05, 0.1) is 6.61 Å². The largest absolute Gasteiger partial charge is 0.384 e. The van der Waals surface area contributed by atoms with Crippen molar-refractivity contribution >= 4 is 15.9 Å². The molecular weight excluding hydrogens is 228 g/mol. The number of hydrogen-bond donors (Lipinski definition) is 0. The van der Waals surface area contributed by atoms with Crippen LogP contribution in [0.5, 0.6) is 0 Å². The van der Waals surface area contributed by atoms with Gasteiger partial charge in [0.25, 0.3) is 0 Å². The van der Waals surface area contributed by atoms with E-state index >= 15 is 0 Å². The van der Waals surface area contributed by atoms with Gasteiger partial charge in [-0.25, -0.2) is 0 Å². The molecule has 0 bridgehead atoms. The molecule has 1 atom stereocenters. The molecule has 0 saturated heterocycles. The van der Waals surface area contributed by atoms with Gasteiger partial charge >= 0.3 is 0 Å². The van der Waals surface area contributed by atoms with Gasteiger partial charge in [-0.05, 0) is 24.5 Å². The third-order valence-corrected chi connectivity index (χ3v) is 2.56. The Morgan fingerprint density at radius 2 is 1.92 bits per heavy atom. The molecule has 2 heteroatoms. The van der Waals surface area contributed by atoms with E-state index in [9.17, 15) is 0 Å². The van der Waals surface area contributed by atoms with Crippen LogP contribution in [0.3, 0.4) is 0 Å². The van der Waals surface area contributed by atoms with Crippen LogP contribution in [0.1, 0.15) is 22.9 Å². The Labute approximate surface area is 88.2 Å². The topological polar surface area (TPSA) is 9.23 Å². The lowest BCUT2D eigenvalue weighted by atomic mass is 10.1. The Balaban J connectivity index is 2.59. The maximum Gasteiger partial charge on any atom is 0.0502 e. The van der Waals surface area contributed by atoms with Gasteiger partial charge < -0.3 is 4.74 Å². The van der Waals surface area contributed by atoms with Crippen LogP contribution in [0.4, 0.5) is 0 Å². The Hall–Kier alpha value is -0.340. The van der Waals surface area contributed by atoms with Crippen molar-refractivity contribution in [3.05, 3.63) is 35.4 Å². The molecule has 0 saturated carbocycles. The van der Waals surface area contributed by atoms with Crippen molar-refractivity contribution in [3.63, 3.8) is 0 Å². The van der Waals surface area contributed by atoms with Crippen LogP contribution >= 0.6 is 15.9 Å². The first-order valence-electron chi connectivity index (χ1n) is 4.46. The lowest BCUT2D eigenvalue weighted by Crippen LogP contribution is -1.94. The third-order valence-electron chi connectivity index (χ3n) is 2.03. The summed E-state index contributed by atoms with van der Waals surface area (Å²) in [5.74, 6) is 0. The quantitative estimate of drug-likeness (QED) is 0.737. The molecule has 0 aliphatic rings. The van der Waals surface area contributed by atoms with E-state index in [1.165, 1.54) is 11.1 Å². The average Bonchev–Trinajstić information content (AvgIpc) is 2.15. The van der Waals surface area contributed by atoms with E-state index in [2.05, 4.69) is 47.1 Å². The molecule has 0 spiro atoms. The lowest BCUT2D eigenvalue weighted by Gasteiger charge is -2.05. The molecule has 0 N–H and O–H groups in total. The second kappa shape index (κ2) is 5.40. The van der Waals surface area contributed by atoms with Gasteiger partial charge in [-0.3, -0.25) is 0 Å². The van der Waals surface area contributed by atoms with E-state index in [1.807, 2.05) is 0 Å². The minimum atomic E-state index is 0.434. The molecule has 0 aliphatic heterocycles. The minimum Gasteiger partial charge on any atom is -0.384 e. The Morgan fingerprint density at radius 1 is 1.31 bits per heavy atom. The summed E-state index contributed by atoms with van der Waals surface area (Å²) in [5, 5.41) is 0. The molecule has 0 amide bonds. The number of hydrogen-bond acceptors (Lipinski definition) is 1. The number of benzene rings is 1. The molecule has 1 aromatic carbocycles. The highest BCUT2D eigenvalue weighted by Crippen LogP contribution is 2.21. The predicted octanol–water partition coefficient (Wildman–Crippen LogP) is 3.33. The fourth-order valence-corrected chi connectivity index (χ4v) is 1.47. The zero-order chi connectivity index (χ0) is 9.68. The highest BCUT2D eigenvalue weighted by Gasteiger charge is 1.99. The summed E-state index contributed by atoms with van der Waals surface area (Å²) in [6.45, 7) is 2.92. The summed E-state index contributed by atoms with van der Waals surface area (Å²) in [4.78, 5) is 0.434. The van der Waals surface area contributed by atoms with Gasteiger partial charge in [0.15, 0.2) is 0 Å². The first kappa shape index (κ1) is 10.7. The van der Waals surface area contributed by atoms with Crippen LogP contribution in [0.25, 0.3) is 0 Å². The first-order chi connectivity index (χ1) is 6.24. The van der Waals surface area contributed by atoms with Crippen LogP contribution < -0.4 is 0 Å². The highest BCUT2D eigenvalue weighted by atomic mass is 79.9. The molecule has 1 unspecified atom stereocenters. The molecule has 0 aliphatic carbocycles. The van der Waals surface area contributed by atoms with Crippen LogP contribution in [-0.4, -0.2) is 13.7 Å². The van der Waals surface area contributed by atoms with Crippen LogP contribution in [0.2, 0.25) is 0 Å². The Morgan fingerprint density at radius 3 is 2.38 bits per heavy atom. The van der Waals surface area contributed by atoms with Crippen molar-refractivity contribution < 1.29 is 4.74 Å². The van der Waals surface area contributed by atoms with Gasteiger partial charge in [-0.2, -0.15) is 0 Å². The number of alkyl halides is 1. The van der Waals surface area contributed by atoms with Gasteiger partial charge in [0.1, 0.15) is 0 Å². The molecular formula is C11H15BrO. The lowest BCUT2D eigenvalue weighted by molar-refractivity contribution is 0.202. The fraction of sp³-hybridized carbons (Fsp3) is 0.455. The van der Waals surface area contributed by atoms with Crippen molar-refractivity contribution in [1.29, 1.82) is 0 Å². The molecule has 72 valence electrons. The first-order valence-corrected chi connectivity index (χ1v) is 5.37. The van der Waals surface area contributed by atoms with Crippen LogP contribution in [0, 0.1) is 0 Å². The fourth-order valence-electron chi connectivity index (χ4n) is 1.17. The van der Waals surface area contributed by atoms with E-state index in [0.29, 0.717) is 4.83 Å². The van der Waals surface area contributed by atoms with Gasteiger partial charge in [-0.1, -0.05) is 40.2 Å². The standard InChI is InChI=1S/C11H15BrO/c1-9(12)11-5-3-10(4-6-11)7-8-13-2/h3-6,9H,7-8H2,1-2H3. The second-order valence-corrected chi connectivity index (χ2v) is 4.47. The molecule has 1 aromatic rings. The second-order valence-electron chi connectivity index (χ2n) is 3.10. The summed E-state index contributed by atoms with van der Waals surface area (Å²) < 4.78 is 5.01. The normalized spacial score (nSPS) is 12.8. The summed E-state index contributed by atoms with van der Waals surface area (Å²) in [5.41, 5.74) is 2.65. The number of halogens is 1. The number of rotatable bonds is 4. The van der Waals surface area contributed by atoms with Gasteiger partial charge in [-0.15, -0.1) is 0 Å². The van der Waals surface area contributed by atoms with E-state index in [0.717, 1.165) is 13.0 Å². The van der Waals surface area contributed by atoms with E-state index < -0.39 is 0 Å². The molecule has 13 heavy (non-hydrogen) atoms. The third kappa shape index (κ3) is 3.49.